The van der Waals surface area contributed by atoms with Crippen molar-refractivity contribution in [2.45, 2.75) is 52.8 Å². The maximum atomic E-state index is 12.2. The molecule has 1 saturated heterocycles. The van der Waals surface area contributed by atoms with Crippen molar-refractivity contribution in [1.82, 2.24) is 4.90 Å². The van der Waals surface area contributed by atoms with Crippen LogP contribution in [-0.4, -0.2) is 66.0 Å². The van der Waals surface area contributed by atoms with Crippen LogP contribution in [0.15, 0.2) is 18.2 Å². The second kappa shape index (κ2) is 12.5. The van der Waals surface area contributed by atoms with Crippen molar-refractivity contribution < 1.29 is 43.0 Å². The highest BCUT2D eigenvalue weighted by molar-refractivity contribution is 6.18. The summed E-state index contributed by atoms with van der Waals surface area (Å²) in [4.78, 5) is 48.2. The van der Waals surface area contributed by atoms with Gasteiger partial charge in [-0.05, 0) is 24.5 Å². The minimum Gasteiger partial charge on any atom is -0.467 e. The van der Waals surface area contributed by atoms with Crippen LogP contribution < -0.4 is 4.74 Å². The van der Waals surface area contributed by atoms with Crippen LogP contribution in [0.2, 0.25) is 0 Å². The Labute approximate surface area is 207 Å². The van der Waals surface area contributed by atoms with Gasteiger partial charge in [0, 0.05) is 25.5 Å². The molecule has 2 rings (SSSR count). The molecule has 1 aliphatic heterocycles. The zero-order valence-electron chi connectivity index (χ0n) is 20.1. The lowest BCUT2D eigenvalue weighted by Gasteiger charge is -2.42. The van der Waals surface area contributed by atoms with E-state index in [0.717, 1.165) is 0 Å². The van der Waals surface area contributed by atoms with Crippen LogP contribution in [0.3, 0.4) is 0 Å². The lowest BCUT2D eigenvalue weighted by atomic mass is 9.83. The molecule has 0 saturated carbocycles. The molecule has 1 aromatic rings. The van der Waals surface area contributed by atoms with Crippen LogP contribution in [0.25, 0.3) is 0 Å². The van der Waals surface area contributed by atoms with E-state index in [1.165, 1.54) is 37.1 Å². The molecule has 5 atom stereocenters. The summed E-state index contributed by atoms with van der Waals surface area (Å²) in [6.45, 7) is 6.53. The highest BCUT2D eigenvalue weighted by atomic mass is 35.5. The van der Waals surface area contributed by atoms with E-state index in [0.29, 0.717) is 12.1 Å². The van der Waals surface area contributed by atoms with Crippen molar-refractivity contribution in [2.24, 2.45) is 11.8 Å². The molecule has 0 N–H and O–H groups in total. The van der Waals surface area contributed by atoms with Crippen LogP contribution in [0.5, 0.6) is 5.75 Å². The predicted octanol–water partition coefficient (Wildman–Crippen LogP) is 3.23. The number of halogens is 1. The summed E-state index contributed by atoms with van der Waals surface area (Å²) in [6.07, 6.45) is -3.96. The van der Waals surface area contributed by atoms with Gasteiger partial charge in [0.05, 0.1) is 18.0 Å². The number of ether oxygens (including phenoxy) is 5. The Balaban J connectivity index is 2.30. The number of amides is 1. The number of alkyl halides is 1. The Hall–Kier alpha value is -3.12. The number of carbonyl (C=O) groups excluding carboxylic acids is 3. The zero-order chi connectivity index (χ0) is 26.3. The molecular weight excluding hydrogens is 488 g/mol. The molecular formula is C22H29ClN2O10. The molecule has 13 heteroatoms. The third-order valence-electron chi connectivity index (χ3n) is 5.72. The molecule has 0 radical (unpaired) electrons. The number of nitrogens with zero attached hydrogens (tertiary/aromatic N) is 2. The second-order valence-electron chi connectivity index (χ2n) is 7.95. The highest BCUT2D eigenvalue weighted by Crippen LogP contribution is 2.37. The Morgan fingerprint density at radius 1 is 1.23 bits per heavy atom. The fourth-order valence-electron chi connectivity index (χ4n) is 3.52. The van der Waals surface area contributed by atoms with E-state index in [-0.39, 0.29) is 18.4 Å². The number of methoxy groups -OCH3 is 1. The second-order valence-corrected chi connectivity index (χ2v) is 8.19. The first-order chi connectivity index (χ1) is 16.5. The SMILES string of the molecule is CCN(CCl)C(=O)OCc1ccc(O[C@@H]2O[C@H](C(=O)OC)[C@@H](C)[C@H](C)[C@H]2OC(C)=O)c([N+](=O)[O-])c1. The van der Waals surface area contributed by atoms with Crippen molar-refractivity contribution in [1.29, 1.82) is 0 Å². The fourth-order valence-corrected chi connectivity index (χ4v) is 3.79. The number of nitro groups is 1. The number of esters is 2. The number of rotatable bonds is 9. The van der Waals surface area contributed by atoms with Crippen LogP contribution in [-0.2, 0) is 35.1 Å². The Kier molecular flexibility index (Phi) is 10.1. The van der Waals surface area contributed by atoms with Crippen LogP contribution in [0, 0.1) is 22.0 Å². The molecule has 12 nitrogen and oxygen atoms in total. The quantitative estimate of drug-likeness (QED) is 0.120. The number of benzene rings is 1. The topological polar surface area (TPSA) is 144 Å². The summed E-state index contributed by atoms with van der Waals surface area (Å²) >= 11 is 5.67. The van der Waals surface area contributed by atoms with Crippen molar-refractivity contribution in [3.63, 3.8) is 0 Å². The lowest BCUT2D eigenvalue weighted by molar-refractivity contribution is -0.387. The first-order valence-electron chi connectivity index (χ1n) is 10.9. The molecule has 1 aliphatic rings. The summed E-state index contributed by atoms with van der Waals surface area (Å²) in [5.74, 6) is -2.23. The summed E-state index contributed by atoms with van der Waals surface area (Å²) in [5.41, 5.74) is -0.104. The van der Waals surface area contributed by atoms with E-state index < -0.39 is 59.0 Å². The van der Waals surface area contributed by atoms with Gasteiger partial charge in [-0.15, -0.1) is 11.6 Å². The average Bonchev–Trinajstić information content (AvgIpc) is 2.82. The van der Waals surface area contributed by atoms with E-state index in [1.54, 1.807) is 20.8 Å². The maximum Gasteiger partial charge on any atom is 0.411 e. The number of hydrogen-bond acceptors (Lipinski definition) is 10. The Bertz CT molecular complexity index is 939. The van der Waals surface area contributed by atoms with Gasteiger partial charge in [0.2, 0.25) is 6.29 Å². The lowest BCUT2D eigenvalue weighted by Crippen LogP contribution is -2.55. The third kappa shape index (κ3) is 6.95. The van der Waals surface area contributed by atoms with Gasteiger partial charge in [0.25, 0.3) is 0 Å². The molecule has 1 heterocycles. The molecule has 1 amide bonds. The van der Waals surface area contributed by atoms with E-state index in [1.807, 2.05) is 0 Å². The van der Waals surface area contributed by atoms with E-state index in [9.17, 15) is 24.5 Å². The standard InChI is InChI=1S/C22H29ClN2O10/c1-6-24(11-23)22(28)32-10-15-7-8-17(16(9-15)25(29)30)34-21-19(33-14(4)26)13(3)12(2)18(35-21)20(27)31-5/h7-9,12-13,18-19,21H,6,10-11H2,1-5H3/t12-,13-,18-,19+,21+/m0/s1. The summed E-state index contributed by atoms with van der Waals surface area (Å²) in [6, 6.07) is 3.91. The molecule has 1 aromatic carbocycles. The van der Waals surface area contributed by atoms with Gasteiger partial charge in [-0.3, -0.25) is 19.8 Å². The molecule has 0 aliphatic carbocycles. The first kappa shape index (κ1) is 28.1. The van der Waals surface area contributed by atoms with Crippen LogP contribution >= 0.6 is 11.6 Å². The molecule has 0 aromatic heterocycles. The Morgan fingerprint density at radius 3 is 2.46 bits per heavy atom. The maximum absolute atomic E-state index is 12.2. The monoisotopic (exact) mass is 516 g/mol. The molecule has 1 fully saturated rings. The summed E-state index contributed by atoms with van der Waals surface area (Å²) < 4.78 is 26.8. The predicted molar refractivity (Wildman–Crippen MR) is 122 cm³/mol. The largest absolute Gasteiger partial charge is 0.467 e. The molecule has 0 spiro atoms. The molecule has 0 bridgehead atoms. The molecule has 0 unspecified atom stereocenters. The van der Waals surface area contributed by atoms with Gasteiger partial charge in [-0.1, -0.05) is 19.9 Å². The Morgan fingerprint density at radius 2 is 1.91 bits per heavy atom. The molecule has 194 valence electrons. The third-order valence-corrected chi connectivity index (χ3v) is 6.01. The fraction of sp³-hybridized carbons (Fsp3) is 0.591. The first-order valence-corrected chi connectivity index (χ1v) is 11.4. The minimum absolute atomic E-state index is 0.0588. The highest BCUT2D eigenvalue weighted by Gasteiger charge is 2.48. The summed E-state index contributed by atoms with van der Waals surface area (Å²) in [7, 11) is 1.21. The van der Waals surface area contributed by atoms with Gasteiger partial charge >= 0.3 is 23.7 Å². The van der Waals surface area contributed by atoms with Gasteiger partial charge in [0.15, 0.2) is 18.0 Å². The number of hydrogen-bond donors (Lipinski definition) is 0. The van der Waals surface area contributed by atoms with E-state index in [4.69, 9.17) is 35.3 Å². The van der Waals surface area contributed by atoms with Gasteiger partial charge < -0.3 is 23.7 Å². The number of nitro benzene ring substituents is 1. The minimum atomic E-state index is -1.32. The van der Waals surface area contributed by atoms with Crippen molar-refractivity contribution in [2.75, 3.05) is 19.7 Å². The van der Waals surface area contributed by atoms with Gasteiger partial charge in [-0.25, -0.2) is 9.59 Å². The van der Waals surface area contributed by atoms with Gasteiger partial charge in [-0.2, -0.15) is 0 Å². The van der Waals surface area contributed by atoms with E-state index in [2.05, 4.69) is 0 Å². The number of carbonyl (C=O) groups is 3. The molecule has 35 heavy (non-hydrogen) atoms. The van der Waals surface area contributed by atoms with Crippen molar-refractivity contribution in [3.05, 3.63) is 33.9 Å². The van der Waals surface area contributed by atoms with Crippen molar-refractivity contribution in [3.8, 4) is 5.75 Å². The van der Waals surface area contributed by atoms with Gasteiger partial charge in [0.1, 0.15) is 6.61 Å². The average molecular weight is 517 g/mol. The van der Waals surface area contributed by atoms with Crippen LogP contribution in [0.4, 0.5) is 10.5 Å². The van der Waals surface area contributed by atoms with Crippen LogP contribution in [0.1, 0.15) is 33.3 Å². The van der Waals surface area contributed by atoms with E-state index >= 15 is 0 Å². The zero-order valence-corrected chi connectivity index (χ0v) is 20.9. The summed E-state index contributed by atoms with van der Waals surface area (Å²) in [5, 5.41) is 11.7. The normalized spacial score (nSPS) is 23.7. The smallest absolute Gasteiger partial charge is 0.411 e. The van der Waals surface area contributed by atoms with Crippen molar-refractivity contribution >= 4 is 35.3 Å².